The van der Waals surface area contributed by atoms with Crippen molar-refractivity contribution in [2.24, 2.45) is 5.92 Å². The summed E-state index contributed by atoms with van der Waals surface area (Å²) in [6, 6.07) is 10.2. The summed E-state index contributed by atoms with van der Waals surface area (Å²) < 4.78 is 0. The Morgan fingerprint density at radius 1 is 0.920 bits per heavy atom. The van der Waals surface area contributed by atoms with E-state index in [-0.39, 0.29) is 11.8 Å². The SMILES string of the molecule is O=C(CCSc1ccccc1)N1CCC(C(=O)N2CCCCC2)CC1. The molecular formula is C20H28N2O2S. The maximum atomic E-state index is 12.6. The minimum atomic E-state index is 0.126. The molecule has 0 atom stereocenters. The number of hydrogen-bond acceptors (Lipinski definition) is 3. The molecule has 5 heteroatoms. The molecule has 2 saturated heterocycles. The van der Waals surface area contributed by atoms with Gasteiger partial charge in [0, 0.05) is 49.2 Å². The van der Waals surface area contributed by atoms with Crippen LogP contribution in [0.2, 0.25) is 0 Å². The Kier molecular flexibility index (Phi) is 6.79. The molecule has 0 unspecified atom stereocenters. The molecular weight excluding hydrogens is 332 g/mol. The van der Waals surface area contributed by atoms with Crippen LogP contribution in [0.3, 0.4) is 0 Å². The first-order valence-electron chi connectivity index (χ1n) is 9.48. The van der Waals surface area contributed by atoms with E-state index in [4.69, 9.17) is 0 Å². The number of likely N-dealkylation sites (tertiary alicyclic amines) is 2. The van der Waals surface area contributed by atoms with Crippen LogP contribution in [0.15, 0.2) is 35.2 Å². The van der Waals surface area contributed by atoms with Crippen molar-refractivity contribution in [3.05, 3.63) is 30.3 Å². The van der Waals surface area contributed by atoms with E-state index in [9.17, 15) is 9.59 Å². The van der Waals surface area contributed by atoms with Gasteiger partial charge in [0.05, 0.1) is 0 Å². The average Bonchev–Trinajstić information content (AvgIpc) is 2.69. The molecule has 25 heavy (non-hydrogen) atoms. The molecule has 136 valence electrons. The lowest BCUT2D eigenvalue weighted by Gasteiger charge is -2.35. The number of piperidine rings is 2. The normalized spacial score (nSPS) is 19.0. The van der Waals surface area contributed by atoms with Gasteiger partial charge in [-0.25, -0.2) is 0 Å². The van der Waals surface area contributed by atoms with Gasteiger partial charge in [-0.3, -0.25) is 9.59 Å². The van der Waals surface area contributed by atoms with E-state index in [2.05, 4.69) is 12.1 Å². The topological polar surface area (TPSA) is 40.6 Å². The van der Waals surface area contributed by atoms with Crippen molar-refractivity contribution in [2.45, 2.75) is 43.4 Å². The fourth-order valence-corrected chi connectivity index (χ4v) is 4.54. The number of amides is 2. The quantitative estimate of drug-likeness (QED) is 0.756. The highest BCUT2D eigenvalue weighted by molar-refractivity contribution is 7.99. The summed E-state index contributed by atoms with van der Waals surface area (Å²) in [5.41, 5.74) is 0. The molecule has 0 N–H and O–H groups in total. The fourth-order valence-electron chi connectivity index (χ4n) is 3.68. The monoisotopic (exact) mass is 360 g/mol. The largest absolute Gasteiger partial charge is 0.343 e. The minimum absolute atomic E-state index is 0.126. The number of carbonyl (C=O) groups is 2. The van der Waals surface area contributed by atoms with Gasteiger partial charge >= 0.3 is 0 Å². The number of thioether (sulfide) groups is 1. The van der Waals surface area contributed by atoms with Gasteiger partial charge in [-0.1, -0.05) is 18.2 Å². The van der Waals surface area contributed by atoms with E-state index >= 15 is 0 Å². The number of nitrogens with zero attached hydrogens (tertiary/aromatic N) is 2. The summed E-state index contributed by atoms with van der Waals surface area (Å²) in [4.78, 5) is 30.2. The number of rotatable bonds is 5. The Morgan fingerprint density at radius 3 is 2.28 bits per heavy atom. The molecule has 0 spiro atoms. The van der Waals surface area contributed by atoms with Crippen molar-refractivity contribution in [2.75, 3.05) is 31.9 Å². The smallest absolute Gasteiger partial charge is 0.225 e. The second-order valence-electron chi connectivity index (χ2n) is 6.95. The highest BCUT2D eigenvalue weighted by Gasteiger charge is 2.30. The van der Waals surface area contributed by atoms with Crippen LogP contribution < -0.4 is 0 Å². The molecule has 0 radical (unpaired) electrons. The molecule has 0 aromatic heterocycles. The van der Waals surface area contributed by atoms with Gasteiger partial charge in [-0.2, -0.15) is 0 Å². The van der Waals surface area contributed by atoms with E-state index in [1.807, 2.05) is 28.0 Å². The molecule has 0 bridgehead atoms. The summed E-state index contributed by atoms with van der Waals surface area (Å²) in [5.74, 6) is 1.50. The second kappa shape index (κ2) is 9.27. The van der Waals surface area contributed by atoms with Gasteiger partial charge in [0.15, 0.2) is 0 Å². The number of hydrogen-bond donors (Lipinski definition) is 0. The first kappa shape index (κ1) is 18.3. The molecule has 2 heterocycles. The lowest BCUT2D eigenvalue weighted by Crippen LogP contribution is -2.45. The zero-order chi connectivity index (χ0) is 17.5. The van der Waals surface area contributed by atoms with E-state index in [1.54, 1.807) is 11.8 Å². The molecule has 0 saturated carbocycles. The lowest BCUT2D eigenvalue weighted by atomic mass is 9.94. The van der Waals surface area contributed by atoms with Crippen LogP contribution in [0.5, 0.6) is 0 Å². The van der Waals surface area contributed by atoms with Crippen LogP contribution in [0.1, 0.15) is 38.5 Å². The summed E-state index contributed by atoms with van der Waals surface area (Å²) in [6.45, 7) is 3.32. The molecule has 3 rings (SSSR count). The van der Waals surface area contributed by atoms with E-state index < -0.39 is 0 Å². The van der Waals surface area contributed by atoms with Crippen molar-refractivity contribution in [1.82, 2.24) is 9.80 Å². The van der Waals surface area contributed by atoms with E-state index in [1.165, 1.54) is 11.3 Å². The van der Waals surface area contributed by atoms with E-state index in [0.717, 1.165) is 57.6 Å². The van der Waals surface area contributed by atoms with Crippen molar-refractivity contribution < 1.29 is 9.59 Å². The third-order valence-corrected chi connectivity index (χ3v) is 6.21. The summed E-state index contributed by atoms with van der Waals surface area (Å²) in [6.07, 6.45) is 5.76. The minimum Gasteiger partial charge on any atom is -0.343 e. The standard InChI is InChI=1S/C20H28N2O2S/c23-19(11-16-25-18-7-3-1-4-8-18)21-14-9-17(10-15-21)20(24)22-12-5-2-6-13-22/h1,3-4,7-8,17H,2,5-6,9-16H2. The molecule has 4 nitrogen and oxygen atoms in total. The maximum absolute atomic E-state index is 12.6. The Bertz CT molecular complexity index is 564. The predicted molar refractivity (Wildman–Crippen MR) is 102 cm³/mol. The predicted octanol–water partition coefficient (Wildman–Crippen LogP) is 3.42. The van der Waals surface area contributed by atoms with Gasteiger partial charge in [-0.15, -0.1) is 11.8 Å². The number of carbonyl (C=O) groups excluding carboxylic acids is 2. The van der Waals surface area contributed by atoms with E-state index in [0.29, 0.717) is 12.3 Å². The van der Waals surface area contributed by atoms with Gasteiger partial charge < -0.3 is 9.80 Å². The molecule has 2 fully saturated rings. The van der Waals surface area contributed by atoms with Crippen LogP contribution in [0.4, 0.5) is 0 Å². The maximum Gasteiger partial charge on any atom is 0.225 e. The zero-order valence-corrected chi connectivity index (χ0v) is 15.7. The van der Waals surface area contributed by atoms with Gasteiger partial charge in [-0.05, 0) is 44.2 Å². The van der Waals surface area contributed by atoms with Crippen molar-refractivity contribution >= 4 is 23.6 Å². The van der Waals surface area contributed by atoms with Crippen LogP contribution in [0.25, 0.3) is 0 Å². The molecule has 2 aliphatic heterocycles. The van der Waals surface area contributed by atoms with Crippen molar-refractivity contribution in [3.8, 4) is 0 Å². The zero-order valence-electron chi connectivity index (χ0n) is 14.9. The second-order valence-corrected chi connectivity index (χ2v) is 8.12. The van der Waals surface area contributed by atoms with Crippen molar-refractivity contribution in [3.63, 3.8) is 0 Å². The van der Waals surface area contributed by atoms with Gasteiger partial charge in [0.1, 0.15) is 0 Å². The lowest BCUT2D eigenvalue weighted by molar-refractivity contribution is -0.141. The molecule has 2 amide bonds. The van der Waals surface area contributed by atoms with Gasteiger partial charge in [0.2, 0.25) is 11.8 Å². The highest BCUT2D eigenvalue weighted by Crippen LogP contribution is 2.23. The molecule has 2 aliphatic rings. The Labute approximate surface area is 154 Å². The molecule has 0 aliphatic carbocycles. The molecule has 1 aromatic carbocycles. The molecule has 1 aromatic rings. The van der Waals surface area contributed by atoms with Gasteiger partial charge in [0.25, 0.3) is 0 Å². The first-order valence-corrected chi connectivity index (χ1v) is 10.5. The summed E-state index contributed by atoms with van der Waals surface area (Å²) in [7, 11) is 0. The summed E-state index contributed by atoms with van der Waals surface area (Å²) in [5, 5.41) is 0. The van der Waals surface area contributed by atoms with Crippen molar-refractivity contribution in [1.29, 1.82) is 0 Å². The van der Waals surface area contributed by atoms with Crippen LogP contribution >= 0.6 is 11.8 Å². The Morgan fingerprint density at radius 2 is 1.60 bits per heavy atom. The average molecular weight is 361 g/mol. The van der Waals surface area contributed by atoms with Crippen LogP contribution in [-0.4, -0.2) is 53.5 Å². The van der Waals surface area contributed by atoms with Crippen LogP contribution in [-0.2, 0) is 9.59 Å². The third-order valence-electron chi connectivity index (χ3n) is 5.19. The van der Waals surface area contributed by atoms with Crippen LogP contribution in [0, 0.1) is 5.92 Å². The highest BCUT2D eigenvalue weighted by atomic mass is 32.2. The fraction of sp³-hybridized carbons (Fsp3) is 0.600. The Balaban J connectivity index is 1.37. The number of benzene rings is 1. The third kappa shape index (κ3) is 5.24. The Hall–Kier alpha value is -1.49. The summed E-state index contributed by atoms with van der Waals surface area (Å²) >= 11 is 1.73. The first-order chi connectivity index (χ1) is 12.2.